The lowest BCUT2D eigenvalue weighted by Gasteiger charge is -2.05. The van der Waals surface area contributed by atoms with Gasteiger partial charge in [-0.15, -0.1) is 0 Å². The van der Waals surface area contributed by atoms with E-state index >= 15 is 0 Å². The van der Waals surface area contributed by atoms with Crippen molar-refractivity contribution in [1.82, 2.24) is 9.97 Å². The SMILES string of the molecule is CC(C)c1cc(-c2cc[nH]c2)ccn1. The van der Waals surface area contributed by atoms with E-state index < -0.39 is 0 Å². The van der Waals surface area contributed by atoms with Gasteiger partial charge in [0, 0.05) is 24.3 Å². The predicted octanol–water partition coefficient (Wildman–Crippen LogP) is 3.20. The first-order chi connectivity index (χ1) is 6.77. The summed E-state index contributed by atoms with van der Waals surface area (Å²) in [5, 5.41) is 0. The van der Waals surface area contributed by atoms with Crippen LogP contribution >= 0.6 is 0 Å². The first-order valence-electron chi connectivity index (χ1n) is 4.86. The van der Waals surface area contributed by atoms with Gasteiger partial charge in [0.25, 0.3) is 0 Å². The third kappa shape index (κ3) is 1.69. The number of hydrogen-bond acceptors (Lipinski definition) is 1. The molecule has 0 spiro atoms. The van der Waals surface area contributed by atoms with Gasteiger partial charge in [-0.05, 0) is 35.2 Å². The van der Waals surface area contributed by atoms with Crippen LogP contribution in [0.25, 0.3) is 11.1 Å². The summed E-state index contributed by atoms with van der Waals surface area (Å²) in [4.78, 5) is 7.40. The zero-order chi connectivity index (χ0) is 9.97. The summed E-state index contributed by atoms with van der Waals surface area (Å²) in [6.07, 6.45) is 5.81. The Morgan fingerprint density at radius 2 is 2.07 bits per heavy atom. The second-order valence-electron chi connectivity index (χ2n) is 3.72. The Labute approximate surface area is 84.0 Å². The highest BCUT2D eigenvalue weighted by atomic mass is 14.7. The molecule has 0 fully saturated rings. The summed E-state index contributed by atoms with van der Waals surface area (Å²) in [5.41, 5.74) is 3.59. The van der Waals surface area contributed by atoms with Crippen molar-refractivity contribution >= 4 is 0 Å². The highest BCUT2D eigenvalue weighted by molar-refractivity contribution is 5.62. The van der Waals surface area contributed by atoms with Crippen molar-refractivity contribution in [1.29, 1.82) is 0 Å². The Kier molecular flexibility index (Phi) is 2.35. The lowest BCUT2D eigenvalue weighted by atomic mass is 10.0. The smallest absolute Gasteiger partial charge is 0.0435 e. The summed E-state index contributed by atoms with van der Waals surface area (Å²) >= 11 is 0. The van der Waals surface area contributed by atoms with E-state index in [1.807, 2.05) is 24.7 Å². The molecule has 2 heterocycles. The molecule has 2 heteroatoms. The van der Waals surface area contributed by atoms with E-state index in [9.17, 15) is 0 Å². The maximum atomic E-state index is 4.34. The van der Waals surface area contributed by atoms with Crippen LogP contribution in [0, 0.1) is 0 Å². The van der Waals surface area contributed by atoms with Crippen molar-refractivity contribution in [2.24, 2.45) is 0 Å². The molecule has 2 aromatic heterocycles. The summed E-state index contributed by atoms with van der Waals surface area (Å²) in [7, 11) is 0. The molecule has 0 bridgehead atoms. The lowest BCUT2D eigenvalue weighted by Crippen LogP contribution is -1.91. The van der Waals surface area contributed by atoms with Gasteiger partial charge >= 0.3 is 0 Å². The third-order valence-electron chi connectivity index (χ3n) is 2.30. The summed E-state index contributed by atoms with van der Waals surface area (Å²) in [6, 6.07) is 6.25. The van der Waals surface area contributed by atoms with Crippen LogP contribution in [0.2, 0.25) is 0 Å². The molecule has 2 rings (SSSR count). The van der Waals surface area contributed by atoms with Gasteiger partial charge in [-0.1, -0.05) is 13.8 Å². The summed E-state index contributed by atoms with van der Waals surface area (Å²) < 4.78 is 0. The van der Waals surface area contributed by atoms with Crippen molar-refractivity contribution in [3.8, 4) is 11.1 Å². The van der Waals surface area contributed by atoms with Crippen LogP contribution < -0.4 is 0 Å². The molecule has 0 saturated heterocycles. The van der Waals surface area contributed by atoms with Crippen LogP contribution in [0.5, 0.6) is 0 Å². The number of H-pyrrole nitrogens is 1. The van der Waals surface area contributed by atoms with Crippen LogP contribution in [-0.2, 0) is 0 Å². The van der Waals surface area contributed by atoms with Gasteiger partial charge < -0.3 is 4.98 Å². The zero-order valence-corrected chi connectivity index (χ0v) is 8.49. The normalized spacial score (nSPS) is 10.8. The standard InChI is InChI=1S/C12H14N2/c1-9(2)12-7-10(4-6-14-12)11-3-5-13-8-11/h3-9,13H,1-2H3. The number of aromatic amines is 1. The monoisotopic (exact) mass is 186 g/mol. The van der Waals surface area contributed by atoms with E-state index in [4.69, 9.17) is 0 Å². The van der Waals surface area contributed by atoms with Crippen LogP contribution in [0.1, 0.15) is 25.5 Å². The average molecular weight is 186 g/mol. The van der Waals surface area contributed by atoms with Crippen molar-refractivity contribution in [2.45, 2.75) is 19.8 Å². The van der Waals surface area contributed by atoms with Crippen LogP contribution in [0.4, 0.5) is 0 Å². The molecule has 14 heavy (non-hydrogen) atoms. The number of nitrogens with one attached hydrogen (secondary N) is 1. The van der Waals surface area contributed by atoms with Crippen molar-refractivity contribution in [2.75, 3.05) is 0 Å². The molecule has 0 aliphatic carbocycles. The molecule has 0 unspecified atom stereocenters. The van der Waals surface area contributed by atoms with Crippen LogP contribution in [0.3, 0.4) is 0 Å². The second-order valence-corrected chi connectivity index (χ2v) is 3.72. The van der Waals surface area contributed by atoms with Gasteiger partial charge in [-0.2, -0.15) is 0 Å². The molecular formula is C12H14N2. The molecule has 0 aromatic carbocycles. The van der Waals surface area contributed by atoms with Gasteiger partial charge in [0.15, 0.2) is 0 Å². The summed E-state index contributed by atoms with van der Waals surface area (Å²) in [6.45, 7) is 4.31. The molecule has 0 atom stereocenters. The van der Waals surface area contributed by atoms with E-state index in [1.165, 1.54) is 11.1 Å². The van der Waals surface area contributed by atoms with Crippen molar-refractivity contribution < 1.29 is 0 Å². The minimum absolute atomic E-state index is 0.480. The number of hydrogen-bond donors (Lipinski definition) is 1. The topological polar surface area (TPSA) is 28.7 Å². The van der Waals surface area contributed by atoms with Gasteiger partial charge in [0.1, 0.15) is 0 Å². The van der Waals surface area contributed by atoms with E-state index in [0.29, 0.717) is 5.92 Å². The summed E-state index contributed by atoms with van der Waals surface area (Å²) in [5.74, 6) is 0.480. The fourth-order valence-corrected chi connectivity index (χ4v) is 1.45. The van der Waals surface area contributed by atoms with Gasteiger partial charge in [-0.3, -0.25) is 4.98 Å². The Hall–Kier alpha value is -1.57. The molecule has 0 saturated carbocycles. The van der Waals surface area contributed by atoms with Crippen LogP contribution in [0.15, 0.2) is 36.8 Å². The second kappa shape index (κ2) is 3.66. The molecule has 1 N–H and O–H groups in total. The molecule has 2 nitrogen and oxygen atoms in total. The number of rotatable bonds is 2. The molecule has 2 aromatic rings. The highest BCUT2D eigenvalue weighted by Crippen LogP contribution is 2.21. The van der Waals surface area contributed by atoms with E-state index in [1.54, 1.807) is 0 Å². The lowest BCUT2D eigenvalue weighted by molar-refractivity contribution is 0.823. The maximum absolute atomic E-state index is 4.34. The minimum atomic E-state index is 0.480. The number of pyridine rings is 1. The predicted molar refractivity (Wildman–Crippen MR) is 58.1 cm³/mol. The first kappa shape index (κ1) is 9.00. The Balaban J connectivity index is 2.41. The molecule has 72 valence electrons. The van der Waals surface area contributed by atoms with E-state index in [2.05, 4.69) is 35.9 Å². The Bertz CT molecular complexity index is 402. The molecule has 0 aliphatic rings. The number of nitrogens with zero attached hydrogens (tertiary/aromatic N) is 1. The number of aromatic nitrogens is 2. The molecule has 0 radical (unpaired) electrons. The first-order valence-corrected chi connectivity index (χ1v) is 4.86. The quantitative estimate of drug-likeness (QED) is 0.766. The minimum Gasteiger partial charge on any atom is -0.367 e. The molecular weight excluding hydrogens is 172 g/mol. The fourth-order valence-electron chi connectivity index (χ4n) is 1.45. The zero-order valence-electron chi connectivity index (χ0n) is 8.49. The van der Waals surface area contributed by atoms with Crippen LogP contribution in [-0.4, -0.2) is 9.97 Å². The Morgan fingerprint density at radius 3 is 2.71 bits per heavy atom. The fraction of sp³-hybridized carbons (Fsp3) is 0.250. The molecule has 0 aliphatic heterocycles. The average Bonchev–Trinajstić information content (AvgIpc) is 2.71. The van der Waals surface area contributed by atoms with E-state index in [0.717, 1.165) is 5.69 Å². The highest BCUT2D eigenvalue weighted by Gasteiger charge is 2.03. The Morgan fingerprint density at radius 1 is 1.21 bits per heavy atom. The van der Waals surface area contributed by atoms with Crippen molar-refractivity contribution in [3.05, 3.63) is 42.5 Å². The largest absolute Gasteiger partial charge is 0.367 e. The molecule has 0 amide bonds. The maximum Gasteiger partial charge on any atom is 0.0435 e. The van der Waals surface area contributed by atoms with Crippen molar-refractivity contribution in [3.63, 3.8) is 0 Å². The van der Waals surface area contributed by atoms with Gasteiger partial charge in [-0.25, -0.2) is 0 Å². The third-order valence-corrected chi connectivity index (χ3v) is 2.30. The van der Waals surface area contributed by atoms with E-state index in [-0.39, 0.29) is 0 Å². The van der Waals surface area contributed by atoms with Gasteiger partial charge in [0.2, 0.25) is 0 Å². The van der Waals surface area contributed by atoms with Gasteiger partial charge in [0.05, 0.1) is 0 Å².